The van der Waals surface area contributed by atoms with Gasteiger partial charge in [-0.1, -0.05) is 50.6 Å². The third-order valence-corrected chi connectivity index (χ3v) is 6.35. The monoisotopic (exact) mass is 599 g/mol. The summed E-state index contributed by atoms with van der Waals surface area (Å²) in [5.41, 5.74) is 1.52. The molecule has 3 rings (SSSR count). The van der Waals surface area contributed by atoms with Crippen molar-refractivity contribution in [3.8, 4) is 11.5 Å². The van der Waals surface area contributed by atoms with E-state index in [0.717, 1.165) is 0 Å². The molecule has 0 saturated carbocycles. The maximum atomic E-state index is 12.7. The Balaban J connectivity index is 0.00000197. The Hall–Kier alpha value is -2.93. The van der Waals surface area contributed by atoms with Crippen LogP contribution in [0.15, 0.2) is 42.5 Å². The molecular weight excluding hydrogens is 558 g/mol. The van der Waals surface area contributed by atoms with Gasteiger partial charge in [0, 0.05) is 12.2 Å². The van der Waals surface area contributed by atoms with Gasteiger partial charge in [0.2, 0.25) is 5.91 Å². The molecule has 42 heavy (non-hydrogen) atoms. The van der Waals surface area contributed by atoms with Gasteiger partial charge in [-0.2, -0.15) is 9.80 Å². The topological polar surface area (TPSA) is 236 Å². The van der Waals surface area contributed by atoms with Gasteiger partial charge in [-0.3, -0.25) is 4.79 Å². The van der Waals surface area contributed by atoms with Crippen LogP contribution in [-0.2, 0) is 4.79 Å². The Morgan fingerprint density at radius 2 is 1.26 bits per heavy atom. The second kappa shape index (κ2) is 13.6. The average Bonchev–Trinajstić information content (AvgIpc) is 2.90. The van der Waals surface area contributed by atoms with Crippen LogP contribution in [0.2, 0.25) is 0 Å². The lowest BCUT2D eigenvalue weighted by Gasteiger charge is -2.60. The highest BCUT2D eigenvalue weighted by Gasteiger charge is 2.77. The number of ether oxygens (including phenoxy) is 2. The third kappa shape index (κ3) is 6.99. The van der Waals surface area contributed by atoms with E-state index in [4.69, 9.17) is 9.47 Å². The van der Waals surface area contributed by atoms with Crippen molar-refractivity contribution in [1.29, 1.82) is 0 Å². The van der Waals surface area contributed by atoms with Gasteiger partial charge < -0.3 is 60.7 Å². The number of aryl methyl sites for hydroxylation is 2. The van der Waals surface area contributed by atoms with E-state index < -0.39 is 65.2 Å². The van der Waals surface area contributed by atoms with Crippen molar-refractivity contribution in [2.45, 2.75) is 63.9 Å². The van der Waals surface area contributed by atoms with Gasteiger partial charge in [-0.15, -0.1) is 0 Å². The van der Waals surface area contributed by atoms with Crippen LogP contribution in [-0.4, -0.2) is 118 Å². The number of benzene rings is 2. The van der Waals surface area contributed by atoms with E-state index in [2.05, 4.69) is 19.2 Å². The highest BCUT2D eigenvalue weighted by atomic mass is 16.7. The van der Waals surface area contributed by atoms with E-state index >= 15 is 0 Å². The Morgan fingerprint density at radius 1 is 0.810 bits per heavy atom. The third-order valence-electron chi connectivity index (χ3n) is 6.35. The number of hydrogen-bond donors (Lipinski definition) is 10. The van der Waals surface area contributed by atoms with Gasteiger partial charge >= 0.3 is 23.6 Å². The molecule has 1 aliphatic heterocycles. The molecule has 0 aliphatic carbocycles. The molecule has 1 aliphatic rings. The Labute approximate surface area is 243 Å². The summed E-state index contributed by atoms with van der Waals surface area (Å²) in [6.45, 7) is 4.34. The summed E-state index contributed by atoms with van der Waals surface area (Å²) in [4.78, 5) is 11.9. The fraction of sp³-hybridized carbons (Fsp3) is 0.519. The molecule has 10 N–H and O–H groups in total. The number of rotatable bonds is 9. The fourth-order valence-electron chi connectivity index (χ4n) is 4.16. The van der Waals surface area contributed by atoms with E-state index in [9.17, 15) is 50.8 Å². The summed E-state index contributed by atoms with van der Waals surface area (Å²) in [6, 6.07) is 11.3. The minimum Gasteiger partial charge on any atom is -0.493 e. The molecule has 1 saturated heterocycles. The predicted molar refractivity (Wildman–Crippen MR) is 147 cm³/mol. The molecule has 1 amide bonds. The number of amides is 1. The van der Waals surface area contributed by atoms with Crippen LogP contribution in [0, 0.1) is 13.8 Å². The first-order chi connectivity index (χ1) is 19.4. The number of para-hydroxylation sites is 3. The van der Waals surface area contributed by atoms with Crippen molar-refractivity contribution >= 4 is 11.6 Å². The first-order valence-corrected chi connectivity index (χ1v) is 13.0. The number of methoxy groups -OCH3 is 1. The first kappa shape index (κ1) is 35.3. The van der Waals surface area contributed by atoms with Crippen LogP contribution in [0.5, 0.6) is 11.5 Å². The number of hydrogen-bond acceptors (Lipinski definition) is 14. The Kier molecular flexibility index (Phi) is 11.4. The number of carbonyl (C=O) groups excluding carboxylic acids is 1. The lowest BCUT2D eigenvalue weighted by Crippen LogP contribution is -2.91. The lowest BCUT2D eigenvalue weighted by molar-refractivity contribution is -0.608. The fourth-order valence-corrected chi connectivity index (χ4v) is 4.16. The van der Waals surface area contributed by atoms with Crippen molar-refractivity contribution in [3.05, 3.63) is 53.6 Å². The second-order valence-corrected chi connectivity index (χ2v) is 9.88. The number of carbonyl (C=O) groups is 1. The summed E-state index contributed by atoms with van der Waals surface area (Å²) in [6.07, 6.45) is -0.558. The SMILES string of the molecule is CCC.COc1ccccc1OCC(O)CN1C(O)(O)C(O)(O)N(CC(=O)Nc2c(C)cccc2C)C(O)(O)C1(O)O. The standard InChI is InChI=1S/C24H33N3O12.C3H8/c1-14-7-6-8-15(2)20(14)25-19(29)12-27-23(34,35)21(30,31)26(22(32,33)24(27,36)37)11-16(28)13-39-18-10-5-4-9-17(18)38-3;1-3-2/h4-10,16,28,30-37H,11-13H2,1-3H3,(H,25,29);3H2,1-2H3. The average molecular weight is 600 g/mol. The minimum atomic E-state index is -4.12. The summed E-state index contributed by atoms with van der Waals surface area (Å²) in [5.74, 6) is -17.1. The summed E-state index contributed by atoms with van der Waals surface area (Å²) in [5, 5.41) is 97.6. The van der Waals surface area contributed by atoms with E-state index in [0.29, 0.717) is 16.8 Å². The van der Waals surface area contributed by atoms with Gasteiger partial charge in [-0.25, -0.2) is 0 Å². The molecule has 0 radical (unpaired) electrons. The molecule has 1 unspecified atom stereocenters. The molecule has 2 aromatic carbocycles. The van der Waals surface area contributed by atoms with Crippen molar-refractivity contribution in [2.24, 2.45) is 0 Å². The highest BCUT2D eigenvalue weighted by molar-refractivity contribution is 5.93. The number of aliphatic hydroxyl groups excluding tert-OH is 1. The van der Waals surface area contributed by atoms with Gasteiger partial charge in [0.25, 0.3) is 0 Å². The maximum Gasteiger partial charge on any atom is 0.303 e. The van der Waals surface area contributed by atoms with Crippen LogP contribution in [0.25, 0.3) is 0 Å². The molecule has 1 heterocycles. The maximum absolute atomic E-state index is 12.7. The Morgan fingerprint density at radius 3 is 1.74 bits per heavy atom. The van der Waals surface area contributed by atoms with Crippen LogP contribution in [0.3, 0.4) is 0 Å². The Bertz CT molecular complexity index is 1160. The van der Waals surface area contributed by atoms with Crippen LogP contribution in [0.1, 0.15) is 31.4 Å². The number of aliphatic hydroxyl groups is 9. The van der Waals surface area contributed by atoms with E-state index in [1.54, 1.807) is 50.2 Å². The number of β-amino-alcohol motifs (C(OH)–C–C–N with tert-alkyl or cyclic N) is 1. The zero-order valence-electron chi connectivity index (χ0n) is 24.1. The van der Waals surface area contributed by atoms with Gasteiger partial charge in [0.05, 0.1) is 13.7 Å². The smallest absolute Gasteiger partial charge is 0.303 e. The van der Waals surface area contributed by atoms with Crippen molar-refractivity contribution in [2.75, 3.05) is 32.1 Å². The molecule has 1 fully saturated rings. The molecule has 0 aromatic heterocycles. The van der Waals surface area contributed by atoms with E-state index in [1.165, 1.54) is 19.6 Å². The molecule has 1 atom stereocenters. The summed E-state index contributed by atoms with van der Waals surface area (Å²) < 4.78 is 10.5. The van der Waals surface area contributed by atoms with Gasteiger partial charge in [0.15, 0.2) is 11.5 Å². The largest absolute Gasteiger partial charge is 0.493 e. The van der Waals surface area contributed by atoms with E-state index in [-0.39, 0.29) is 11.5 Å². The summed E-state index contributed by atoms with van der Waals surface area (Å²) in [7, 11) is 1.36. The molecular formula is C27H41N3O12. The minimum absolute atomic E-state index is 0.162. The number of anilines is 1. The van der Waals surface area contributed by atoms with Crippen molar-refractivity contribution < 1.29 is 60.2 Å². The number of piperazine rings is 1. The van der Waals surface area contributed by atoms with Gasteiger partial charge in [-0.05, 0) is 37.1 Å². The van der Waals surface area contributed by atoms with Crippen LogP contribution >= 0.6 is 0 Å². The molecule has 15 nitrogen and oxygen atoms in total. The quantitative estimate of drug-likeness (QED) is 0.144. The molecule has 2 aromatic rings. The molecule has 0 bridgehead atoms. The molecule has 0 spiro atoms. The van der Waals surface area contributed by atoms with Gasteiger partial charge in [0.1, 0.15) is 12.7 Å². The molecule has 236 valence electrons. The number of nitrogens with one attached hydrogen (secondary N) is 1. The normalized spacial score (nSPS) is 19.7. The highest BCUT2D eigenvalue weighted by Crippen LogP contribution is 2.43. The zero-order valence-corrected chi connectivity index (χ0v) is 24.1. The van der Waals surface area contributed by atoms with Crippen LogP contribution < -0.4 is 14.8 Å². The van der Waals surface area contributed by atoms with Crippen molar-refractivity contribution in [1.82, 2.24) is 9.80 Å². The summed E-state index contributed by atoms with van der Waals surface area (Å²) >= 11 is 0. The predicted octanol–water partition coefficient (Wildman–Crippen LogP) is -1.72. The first-order valence-electron chi connectivity index (χ1n) is 13.0. The van der Waals surface area contributed by atoms with Crippen molar-refractivity contribution in [3.63, 3.8) is 0 Å². The zero-order chi connectivity index (χ0) is 32.1. The second-order valence-electron chi connectivity index (χ2n) is 9.88. The van der Waals surface area contributed by atoms with Crippen LogP contribution in [0.4, 0.5) is 5.69 Å². The lowest BCUT2D eigenvalue weighted by atomic mass is 10.0. The molecule has 15 heteroatoms. The number of nitrogens with zero attached hydrogens (tertiary/aromatic N) is 2. The van der Waals surface area contributed by atoms with E-state index in [1.807, 2.05) is 0 Å².